The summed E-state index contributed by atoms with van der Waals surface area (Å²) in [6.45, 7) is -0.0858. The van der Waals surface area contributed by atoms with Crippen molar-refractivity contribution >= 4 is 11.6 Å². The van der Waals surface area contributed by atoms with Crippen molar-refractivity contribution in [1.29, 1.82) is 0 Å². The zero-order valence-corrected chi connectivity index (χ0v) is 11.8. The summed E-state index contributed by atoms with van der Waals surface area (Å²) in [7, 11) is 0. The third kappa shape index (κ3) is 4.93. The van der Waals surface area contributed by atoms with Crippen molar-refractivity contribution in [2.45, 2.75) is 18.9 Å². The predicted octanol–water partition coefficient (Wildman–Crippen LogP) is 1.53. The second kappa shape index (κ2) is 7.45. The zero-order chi connectivity index (χ0) is 15.1. The van der Waals surface area contributed by atoms with Crippen LogP contribution in [0.4, 0.5) is 5.69 Å². The molecule has 1 atom stereocenters. The summed E-state index contributed by atoms with van der Waals surface area (Å²) in [5.41, 5.74) is 8.28. The van der Waals surface area contributed by atoms with Gasteiger partial charge in [0.25, 0.3) is 0 Å². The fourth-order valence-electron chi connectivity index (χ4n) is 2.23. The van der Waals surface area contributed by atoms with Crippen LogP contribution in [0.2, 0.25) is 0 Å². The maximum absolute atomic E-state index is 12.0. The molecule has 0 aliphatic carbocycles. The van der Waals surface area contributed by atoms with Gasteiger partial charge in [-0.15, -0.1) is 0 Å². The van der Waals surface area contributed by atoms with Gasteiger partial charge >= 0.3 is 0 Å². The summed E-state index contributed by atoms with van der Waals surface area (Å²) < 4.78 is 0. The van der Waals surface area contributed by atoms with Gasteiger partial charge in [-0.05, 0) is 29.7 Å². The van der Waals surface area contributed by atoms with E-state index < -0.39 is 0 Å². The number of nitrogens with two attached hydrogens (primary N) is 1. The van der Waals surface area contributed by atoms with Gasteiger partial charge in [-0.1, -0.05) is 42.5 Å². The Bertz CT molecular complexity index is 584. The van der Waals surface area contributed by atoms with Gasteiger partial charge in [-0.25, -0.2) is 0 Å². The fourth-order valence-corrected chi connectivity index (χ4v) is 2.23. The number of rotatable bonds is 6. The van der Waals surface area contributed by atoms with Gasteiger partial charge in [0, 0.05) is 5.69 Å². The smallest absolute Gasteiger partial charge is 0.224 e. The Morgan fingerprint density at radius 3 is 2.48 bits per heavy atom. The predicted molar refractivity (Wildman–Crippen MR) is 83.7 cm³/mol. The molecule has 0 fully saturated rings. The van der Waals surface area contributed by atoms with Crippen LogP contribution in [0.1, 0.15) is 11.1 Å². The normalized spacial score (nSPS) is 11.9. The Kier molecular flexibility index (Phi) is 5.35. The summed E-state index contributed by atoms with van der Waals surface area (Å²) in [5, 5.41) is 12.3. The number of anilines is 1. The van der Waals surface area contributed by atoms with E-state index >= 15 is 0 Å². The van der Waals surface area contributed by atoms with E-state index in [1.165, 1.54) is 0 Å². The number of hydrogen-bond donors (Lipinski definition) is 3. The molecule has 4 N–H and O–H groups in total. The van der Waals surface area contributed by atoms with Gasteiger partial charge < -0.3 is 16.2 Å². The number of aliphatic hydroxyl groups excluding tert-OH is 1. The van der Waals surface area contributed by atoms with Crippen molar-refractivity contribution in [3.05, 3.63) is 65.7 Å². The molecule has 0 unspecified atom stereocenters. The minimum absolute atomic E-state index is 0.0858. The van der Waals surface area contributed by atoms with Crippen molar-refractivity contribution < 1.29 is 9.90 Å². The molecule has 0 aromatic heterocycles. The Morgan fingerprint density at radius 1 is 1.10 bits per heavy atom. The van der Waals surface area contributed by atoms with E-state index in [-0.39, 0.29) is 25.0 Å². The number of hydrogen-bond acceptors (Lipinski definition) is 3. The Balaban J connectivity index is 1.90. The molecule has 110 valence electrons. The Labute approximate surface area is 124 Å². The first kappa shape index (κ1) is 15.1. The van der Waals surface area contributed by atoms with Crippen molar-refractivity contribution in [3.63, 3.8) is 0 Å². The summed E-state index contributed by atoms with van der Waals surface area (Å²) in [4.78, 5) is 12.0. The number of amides is 1. The monoisotopic (exact) mass is 284 g/mol. The molecule has 0 heterocycles. The third-order valence-electron chi connectivity index (χ3n) is 3.23. The van der Waals surface area contributed by atoms with Gasteiger partial charge in [0.1, 0.15) is 0 Å². The number of nitrogens with one attached hydrogen (secondary N) is 1. The van der Waals surface area contributed by atoms with Gasteiger partial charge in [0.05, 0.1) is 19.1 Å². The molecule has 2 aromatic carbocycles. The molecule has 21 heavy (non-hydrogen) atoms. The lowest BCUT2D eigenvalue weighted by atomic mass is 10.1. The topological polar surface area (TPSA) is 75.4 Å². The maximum atomic E-state index is 12.0. The summed E-state index contributed by atoms with van der Waals surface area (Å²) in [6.07, 6.45) is 0.871. The molecule has 2 rings (SSSR count). The second-order valence-electron chi connectivity index (χ2n) is 5.06. The number of benzene rings is 2. The lowest BCUT2D eigenvalue weighted by Gasteiger charge is -2.16. The Hall–Kier alpha value is -2.33. The first-order chi connectivity index (χ1) is 10.2. The molecule has 4 nitrogen and oxygen atoms in total. The van der Waals surface area contributed by atoms with E-state index in [0.717, 1.165) is 11.1 Å². The van der Waals surface area contributed by atoms with Gasteiger partial charge in [0.15, 0.2) is 0 Å². The molecule has 0 saturated heterocycles. The average Bonchev–Trinajstić information content (AvgIpc) is 2.47. The first-order valence-electron chi connectivity index (χ1n) is 6.96. The minimum Gasteiger partial charge on any atom is -0.399 e. The highest BCUT2D eigenvalue weighted by molar-refractivity contribution is 5.79. The molecule has 0 bridgehead atoms. The highest BCUT2D eigenvalue weighted by Crippen LogP contribution is 2.08. The second-order valence-corrected chi connectivity index (χ2v) is 5.06. The van der Waals surface area contributed by atoms with Crippen LogP contribution in [0.15, 0.2) is 54.6 Å². The van der Waals surface area contributed by atoms with Crippen molar-refractivity contribution in [2.75, 3.05) is 12.3 Å². The zero-order valence-electron chi connectivity index (χ0n) is 11.8. The van der Waals surface area contributed by atoms with Crippen LogP contribution in [0.25, 0.3) is 0 Å². The van der Waals surface area contributed by atoms with Gasteiger partial charge in [0.2, 0.25) is 5.91 Å². The first-order valence-corrected chi connectivity index (χ1v) is 6.96. The lowest BCUT2D eigenvalue weighted by Crippen LogP contribution is -2.39. The van der Waals surface area contributed by atoms with E-state index in [1.807, 2.05) is 42.5 Å². The molecule has 0 radical (unpaired) electrons. The van der Waals surface area contributed by atoms with Crippen LogP contribution in [0.3, 0.4) is 0 Å². The highest BCUT2D eigenvalue weighted by Gasteiger charge is 2.12. The molecule has 0 aliphatic heterocycles. The SMILES string of the molecule is Nc1cccc(CC(=O)N[C@@H](CO)Cc2ccccc2)c1. The molecule has 0 saturated carbocycles. The van der Waals surface area contributed by atoms with Gasteiger partial charge in [-0.2, -0.15) is 0 Å². The number of nitrogen functional groups attached to an aromatic ring is 1. The average molecular weight is 284 g/mol. The van der Waals surface area contributed by atoms with E-state index in [1.54, 1.807) is 12.1 Å². The van der Waals surface area contributed by atoms with Crippen molar-refractivity contribution in [3.8, 4) is 0 Å². The maximum Gasteiger partial charge on any atom is 0.224 e. The number of carbonyl (C=O) groups excluding carboxylic acids is 1. The Morgan fingerprint density at radius 2 is 1.81 bits per heavy atom. The third-order valence-corrected chi connectivity index (χ3v) is 3.23. The molecular weight excluding hydrogens is 264 g/mol. The standard InChI is InChI=1S/C17H20N2O2/c18-15-8-4-7-14(9-15)11-17(21)19-16(12-20)10-13-5-2-1-3-6-13/h1-9,16,20H,10-12,18H2,(H,19,21)/t16-/m1/s1. The quantitative estimate of drug-likeness (QED) is 0.704. The molecular formula is C17H20N2O2. The molecule has 1 amide bonds. The van der Waals surface area contributed by atoms with Crippen LogP contribution in [-0.4, -0.2) is 23.7 Å². The lowest BCUT2D eigenvalue weighted by molar-refractivity contribution is -0.121. The minimum atomic E-state index is -0.277. The van der Waals surface area contributed by atoms with E-state index in [9.17, 15) is 9.90 Å². The van der Waals surface area contributed by atoms with Crippen LogP contribution in [-0.2, 0) is 17.6 Å². The van der Waals surface area contributed by atoms with Crippen LogP contribution in [0.5, 0.6) is 0 Å². The molecule has 0 aliphatic rings. The van der Waals surface area contributed by atoms with Crippen molar-refractivity contribution in [1.82, 2.24) is 5.32 Å². The van der Waals surface area contributed by atoms with Crippen LogP contribution < -0.4 is 11.1 Å². The van der Waals surface area contributed by atoms with Crippen LogP contribution in [0, 0.1) is 0 Å². The van der Waals surface area contributed by atoms with Gasteiger partial charge in [-0.3, -0.25) is 4.79 Å². The van der Waals surface area contributed by atoms with Crippen molar-refractivity contribution in [2.24, 2.45) is 0 Å². The largest absolute Gasteiger partial charge is 0.399 e. The fraction of sp³-hybridized carbons (Fsp3) is 0.235. The summed E-state index contributed by atoms with van der Waals surface area (Å²) >= 11 is 0. The van der Waals surface area contributed by atoms with E-state index in [2.05, 4.69) is 5.32 Å². The highest BCUT2D eigenvalue weighted by atomic mass is 16.3. The number of carbonyl (C=O) groups is 1. The van der Waals surface area contributed by atoms with Crippen LogP contribution >= 0.6 is 0 Å². The molecule has 4 heteroatoms. The van der Waals surface area contributed by atoms with E-state index in [0.29, 0.717) is 12.1 Å². The molecule has 0 spiro atoms. The number of aliphatic hydroxyl groups is 1. The summed E-state index contributed by atoms with van der Waals surface area (Å²) in [5.74, 6) is -0.115. The molecule has 2 aromatic rings. The van der Waals surface area contributed by atoms with E-state index in [4.69, 9.17) is 5.73 Å². The summed E-state index contributed by atoms with van der Waals surface area (Å²) in [6, 6.07) is 16.8.